The molecular weight excluding hydrogens is 333 g/mol. The molecule has 1 saturated heterocycles. The maximum absolute atomic E-state index is 12.7. The molecule has 1 aromatic rings. The minimum absolute atomic E-state index is 0. The molecule has 0 aliphatic carbocycles. The highest BCUT2D eigenvalue weighted by Crippen LogP contribution is 2.21. The fourth-order valence-electron chi connectivity index (χ4n) is 3.40. The van der Waals surface area contributed by atoms with Crippen molar-refractivity contribution in [2.45, 2.75) is 38.9 Å². The lowest BCUT2D eigenvalue weighted by atomic mass is 9.98. The van der Waals surface area contributed by atoms with E-state index < -0.39 is 0 Å². The zero-order valence-electron chi connectivity index (χ0n) is 13.8. The van der Waals surface area contributed by atoms with E-state index in [4.69, 9.17) is 0 Å². The highest BCUT2D eigenvalue weighted by molar-refractivity contribution is 5.85. The SMILES string of the molecule is CC1CN(C(=O)C(C)N2CCc3ccccc3C2)CCN1.Cl.Cl. The molecular formula is C17H27Cl2N3O. The van der Waals surface area contributed by atoms with Crippen LogP contribution < -0.4 is 5.32 Å². The second kappa shape index (κ2) is 8.88. The number of hydrogen-bond acceptors (Lipinski definition) is 3. The summed E-state index contributed by atoms with van der Waals surface area (Å²) in [5.41, 5.74) is 2.81. The van der Waals surface area contributed by atoms with Gasteiger partial charge in [-0.05, 0) is 31.4 Å². The summed E-state index contributed by atoms with van der Waals surface area (Å²) >= 11 is 0. The largest absolute Gasteiger partial charge is 0.339 e. The van der Waals surface area contributed by atoms with E-state index in [1.54, 1.807) is 0 Å². The van der Waals surface area contributed by atoms with E-state index in [2.05, 4.69) is 48.3 Å². The van der Waals surface area contributed by atoms with Gasteiger partial charge in [0.15, 0.2) is 0 Å². The van der Waals surface area contributed by atoms with Gasteiger partial charge in [0, 0.05) is 38.8 Å². The number of carbonyl (C=O) groups excluding carboxylic acids is 1. The molecule has 6 heteroatoms. The summed E-state index contributed by atoms with van der Waals surface area (Å²) in [6, 6.07) is 8.96. The molecule has 1 N–H and O–H groups in total. The lowest BCUT2D eigenvalue weighted by Crippen LogP contribution is -2.56. The standard InChI is InChI=1S/C17H25N3O.2ClH/c1-13-11-20(10-8-18-13)17(21)14(2)19-9-7-15-5-3-4-6-16(15)12-19;;/h3-6,13-14,18H,7-12H2,1-2H3;2*1H. The van der Waals surface area contributed by atoms with Crippen LogP contribution in [0.5, 0.6) is 0 Å². The van der Waals surface area contributed by atoms with Gasteiger partial charge in [-0.2, -0.15) is 0 Å². The first-order valence-electron chi connectivity index (χ1n) is 7.98. The second-order valence-corrected chi connectivity index (χ2v) is 6.30. The monoisotopic (exact) mass is 359 g/mol. The topological polar surface area (TPSA) is 35.6 Å². The van der Waals surface area contributed by atoms with E-state index in [0.29, 0.717) is 6.04 Å². The van der Waals surface area contributed by atoms with Crippen molar-refractivity contribution in [3.8, 4) is 0 Å². The van der Waals surface area contributed by atoms with Crippen molar-refractivity contribution < 1.29 is 4.79 Å². The lowest BCUT2D eigenvalue weighted by molar-refractivity contribution is -0.137. The van der Waals surface area contributed by atoms with E-state index in [-0.39, 0.29) is 36.8 Å². The molecule has 23 heavy (non-hydrogen) atoms. The van der Waals surface area contributed by atoms with Crippen LogP contribution >= 0.6 is 24.8 Å². The predicted molar refractivity (Wildman–Crippen MR) is 98.6 cm³/mol. The first-order chi connectivity index (χ1) is 10.1. The second-order valence-electron chi connectivity index (χ2n) is 6.30. The van der Waals surface area contributed by atoms with E-state index in [1.165, 1.54) is 11.1 Å². The van der Waals surface area contributed by atoms with Gasteiger partial charge in [0.25, 0.3) is 0 Å². The van der Waals surface area contributed by atoms with Crippen molar-refractivity contribution in [3.63, 3.8) is 0 Å². The Hall–Kier alpha value is -0.810. The van der Waals surface area contributed by atoms with Crippen LogP contribution in [0.4, 0.5) is 0 Å². The minimum Gasteiger partial charge on any atom is -0.339 e. The van der Waals surface area contributed by atoms with Gasteiger partial charge >= 0.3 is 0 Å². The summed E-state index contributed by atoms with van der Waals surface area (Å²) in [5, 5.41) is 3.39. The van der Waals surface area contributed by atoms with E-state index in [0.717, 1.165) is 39.1 Å². The zero-order chi connectivity index (χ0) is 14.8. The van der Waals surface area contributed by atoms with Crippen molar-refractivity contribution in [2.24, 2.45) is 0 Å². The van der Waals surface area contributed by atoms with Crippen LogP contribution in [0.2, 0.25) is 0 Å². The number of carbonyl (C=O) groups is 1. The Labute approximate surface area is 151 Å². The molecule has 4 nitrogen and oxygen atoms in total. The molecule has 2 unspecified atom stereocenters. The molecule has 2 aliphatic heterocycles. The van der Waals surface area contributed by atoms with Gasteiger partial charge in [0.2, 0.25) is 5.91 Å². The fourth-order valence-corrected chi connectivity index (χ4v) is 3.40. The number of benzene rings is 1. The van der Waals surface area contributed by atoms with E-state index in [1.807, 2.05) is 4.90 Å². The fraction of sp³-hybridized carbons (Fsp3) is 0.588. The molecule has 0 aromatic heterocycles. The summed E-state index contributed by atoms with van der Waals surface area (Å²) < 4.78 is 0. The maximum Gasteiger partial charge on any atom is 0.239 e. The molecule has 0 radical (unpaired) electrons. The average molecular weight is 360 g/mol. The normalized spacial score (nSPS) is 22.3. The molecule has 0 spiro atoms. The van der Waals surface area contributed by atoms with Crippen molar-refractivity contribution >= 4 is 30.7 Å². The number of rotatable bonds is 2. The molecule has 3 rings (SSSR count). The number of hydrogen-bond donors (Lipinski definition) is 1. The van der Waals surface area contributed by atoms with Crippen LogP contribution in [0.3, 0.4) is 0 Å². The summed E-state index contributed by atoms with van der Waals surface area (Å²) in [4.78, 5) is 17.0. The Bertz CT molecular complexity index is 526. The van der Waals surface area contributed by atoms with Gasteiger partial charge in [-0.1, -0.05) is 24.3 Å². The van der Waals surface area contributed by atoms with Gasteiger partial charge in [-0.3, -0.25) is 9.69 Å². The van der Waals surface area contributed by atoms with Gasteiger partial charge in [-0.25, -0.2) is 0 Å². The first-order valence-corrected chi connectivity index (χ1v) is 7.98. The van der Waals surface area contributed by atoms with Crippen molar-refractivity contribution in [2.75, 3.05) is 26.2 Å². The third-order valence-corrected chi connectivity index (χ3v) is 4.75. The molecule has 2 aliphatic rings. The molecule has 2 atom stereocenters. The zero-order valence-corrected chi connectivity index (χ0v) is 15.5. The maximum atomic E-state index is 12.7. The summed E-state index contributed by atoms with van der Waals surface area (Å²) in [6.45, 7) is 8.63. The molecule has 1 amide bonds. The van der Waals surface area contributed by atoms with Crippen LogP contribution in [0.1, 0.15) is 25.0 Å². The number of amides is 1. The van der Waals surface area contributed by atoms with Gasteiger partial charge in [0.05, 0.1) is 6.04 Å². The Morgan fingerprint density at radius 2 is 1.91 bits per heavy atom. The molecule has 1 fully saturated rings. The summed E-state index contributed by atoms with van der Waals surface area (Å²) in [6.07, 6.45) is 1.05. The number of piperazine rings is 1. The van der Waals surface area contributed by atoms with Crippen molar-refractivity contribution in [3.05, 3.63) is 35.4 Å². The van der Waals surface area contributed by atoms with Gasteiger partial charge < -0.3 is 10.2 Å². The number of halogens is 2. The quantitative estimate of drug-likeness (QED) is 0.878. The molecule has 130 valence electrons. The number of nitrogens with zero attached hydrogens (tertiary/aromatic N) is 2. The van der Waals surface area contributed by atoms with Crippen LogP contribution in [0, 0.1) is 0 Å². The number of fused-ring (bicyclic) bond motifs is 1. The van der Waals surface area contributed by atoms with E-state index in [9.17, 15) is 4.79 Å². The Morgan fingerprint density at radius 3 is 2.61 bits per heavy atom. The van der Waals surface area contributed by atoms with Crippen molar-refractivity contribution in [1.82, 2.24) is 15.1 Å². The van der Waals surface area contributed by atoms with Crippen LogP contribution in [-0.2, 0) is 17.8 Å². The Kier molecular flexibility index (Phi) is 7.81. The number of nitrogens with one attached hydrogen (secondary N) is 1. The van der Waals surface area contributed by atoms with Gasteiger partial charge in [-0.15, -0.1) is 24.8 Å². The van der Waals surface area contributed by atoms with Crippen LogP contribution in [0.25, 0.3) is 0 Å². The average Bonchev–Trinajstić information content (AvgIpc) is 2.53. The molecule has 0 bridgehead atoms. The highest BCUT2D eigenvalue weighted by atomic mass is 35.5. The van der Waals surface area contributed by atoms with Gasteiger partial charge in [0.1, 0.15) is 0 Å². The minimum atomic E-state index is -0.0244. The third-order valence-electron chi connectivity index (χ3n) is 4.75. The van der Waals surface area contributed by atoms with Crippen LogP contribution in [-0.4, -0.2) is 54.0 Å². The third kappa shape index (κ3) is 4.60. The summed E-state index contributed by atoms with van der Waals surface area (Å²) in [7, 11) is 0. The van der Waals surface area contributed by atoms with E-state index >= 15 is 0 Å². The Morgan fingerprint density at radius 1 is 1.22 bits per heavy atom. The smallest absolute Gasteiger partial charge is 0.239 e. The summed E-state index contributed by atoms with van der Waals surface area (Å²) in [5.74, 6) is 0.280. The highest BCUT2D eigenvalue weighted by Gasteiger charge is 2.30. The molecule has 0 saturated carbocycles. The van der Waals surface area contributed by atoms with Crippen molar-refractivity contribution in [1.29, 1.82) is 0 Å². The van der Waals surface area contributed by atoms with Crippen LogP contribution in [0.15, 0.2) is 24.3 Å². The lowest BCUT2D eigenvalue weighted by Gasteiger charge is -2.38. The molecule has 2 heterocycles. The molecule has 1 aromatic carbocycles. The predicted octanol–water partition coefficient (Wildman–Crippen LogP) is 2.10. The first kappa shape index (κ1) is 20.2. The Balaban J connectivity index is 0.00000132.